The van der Waals surface area contributed by atoms with Gasteiger partial charge in [0, 0.05) is 49.8 Å². The molecule has 2 fully saturated rings. The Bertz CT molecular complexity index is 803. The predicted octanol–water partition coefficient (Wildman–Crippen LogP) is 2.27. The van der Waals surface area contributed by atoms with Crippen LogP contribution < -0.4 is 5.32 Å². The van der Waals surface area contributed by atoms with E-state index in [0.29, 0.717) is 22.5 Å². The number of nitrogens with one attached hydrogen (secondary N) is 1. The molecule has 0 spiro atoms. The second kappa shape index (κ2) is 7.29. The summed E-state index contributed by atoms with van der Waals surface area (Å²) in [6, 6.07) is 6.91. The summed E-state index contributed by atoms with van der Waals surface area (Å²) in [5.74, 6) is -0.435. The first-order chi connectivity index (χ1) is 12.6. The second-order valence-corrected chi connectivity index (χ2v) is 7.54. The van der Waals surface area contributed by atoms with E-state index in [4.69, 9.17) is 0 Å². The number of piperazine rings is 1. The van der Waals surface area contributed by atoms with Crippen LogP contribution in [0.2, 0.25) is 0 Å². The van der Waals surface area contributed by atoms with Crippen molar-refractivity contribution in [1.82, 2.24) is 20.1 Å². The summed E-state index contributed by atoms with van der Waals surface area (Å²) in [5, 5.41) is 3.79. The zero-order valence-electron chi connectivity index (χ0n) is 15.1. The van der Waals surface area contributed by atoms with Crippen LogP contribution in [0.3, 0.4) is 0 Å². The van der Waals surface area contributed by atoms with Gasteiger partial charge in [-0.25, -0.2) is 4.39 Å². The average Bonchev–Trinajstić information content (AvgIpc) is 3.10. The number of likely N-dealkylation sites (N-methyl/N-ethyl adjacent to an activating group) is 1. The Morgan fingerprint density at radius 2 is 2.00 bits per heavy atom. The summed E-state index contributed by atoms with van der Waals surface area (Å²) in [5.41, 5.74) is 1.19. The molecule has 0 bridgehead atoms. The van der Waals surface area contributed by atoms with Crippen molar-refractivity contribution in [2.45, 2.75) is 31.3 Å². The summed E-state index contributed by atoms with van der Waals surface area (Å²) in [6.45, 7) is 4.46. The Balaban J connectivity index is 1.38. The number of carbonyl (C=O) groups excluding carboxylic acids is 1. The van der Waals surface area contributed by atoms with Crippen molar-refractivity contribution in [3.63, 3.8) is 0 Å². The molecular formula is C20H25FN4O. The van der Waals surface area contributed by atoms with Crippen molar-refractivity contribution < 1.29 is 9.18 Å². The molecule has 1 saturated carbocycles. The van der Waals surface area contributed by atoms with E-state index in [9.17, 15) is 9.18 Å². The molecule has 2 atom stereocenters. The molecule has 1 aliphatic carbocycles. The summed E-state index contributed by atoms with van der Waals surface area (Å²) in [6.07, 6.45) is 4.72. The summed E-state index contributed by atoms with van der Waals surface area (Å²) < 4.78 is 13.4. The molecule has 1 aromatic heterocycles. The molecule has 5 nitrogen and oxygen atoms in total. The molecule has 6 heteroatoms. The van der Waals surface area contributed by atoms with Gasteiger partial charge in [-0.2, -0.15) is 0 Å². The monoisotopic (exact) mass is 356 g/mol. The third kappa shape index (κ3) is 3.71. The molecule has 1 aliphatic heterocycles. The number of nitrogens with zero attached hydrogens (tertiary/aromatic N) is 3. The van der Waals surface area contributed by atoms with Crippen LogP contribution in [0, 0.1) is 5.82 Å². The van der Waals surface area contributed by atoms with E-state index in [1.54, 1.807) is 18.3 Å². The van der Waals surface area contributed by atoms with Crippen LogP contribution in [-0.2, 0) is 0 Å². The first-order valence-electron chi connectivity index (χ1n) is 9.37. The Morgan fingerprint density at radius 1 is 1.19 bits per heavy atom. The number of hydrogen-bond donors (Lipinski definition) is 1. The van der Waals surface area contributed by atoms with E-state index >= 15 is 0 Å². The Kier molecular flexibility index (Phi) is 4.87. The van der Waals surface area contributed by atoms with Crippen LogP contribution in [0.25, 0.3) is 10.9 Å². The topological polar surface area (TPSA) is 48.5 Å². The predicted molar refractivity (Wildman–Crippen MR) is 99.7 cm³/mol. The van der Waals surface area contributed by atoms with Gasteiger partial charge in [0.25, 0.3) is 5.91 Å². The fourth-order valence-corrected chi connectivity index (χ4v) is 4.10. The normalized spacial score (nSPS) is 24.8. The molecule has 2 unspecified atom stereocenters. The van der Waals surface area contributed by atoms with Gasteiger partial charge < -0.3 is 10.2 Å². The Labute approximate surface area is 153 Å². The zero-order valence-corrected chi connectivity index (χ0v) is 15.1. The van der Waals surface area contributed by atoms with Crippen LogP contribution in [0.1, 0.15) is 29.6 Å². The minimum absolute atomic E-state index is 0.118. The van der Waals surface area contributed by atoms with Crippen LogP contribution in [0.5, 0.6) is 0 Å². The highest BCUT2D eigenvalue weighted by molar-refractivity contribution is 5.97. The van der Waals surface area contributed by atoms with E-state index in [1.165, 1.54) is 12.1 Å². The van der Waals surface area contributed by atoms with Crippen molar-refractivity contribution >= 4 is 16.8 Å². The Hall–Kier alpha value is -2.05. The fraction of sp³-hybridized carbons (Fsp3) is 0.500. The maximum absolute atomic E-state index is 13.4. The van der Waals surface area contributed by atoms with E-state index in [2.05, 4.69) is 27.1 Å². The van der Waals surface area contributed by atoms with Crippen LogP contribution >= 0.6 is 0 Å². The lowest BCUT2D eigenvalue weighted by atomic mass is 10.1. The average molecular weight is 356 g/mol. The second-order valence-electron chi connectivity index (χ2n) is 7.54. The van der Waals surface area contributed by atoms with Crippen molar-refractivity contribution in [3.05, 3.63) is 41.8 Å². The lowest BCUT2D eigenvalue weighted by molar-refractivity contribution is 0.0927. The maximum atomic E-state index is 13.4. The summed E-state index contributed by atoms with van der Waals surface area (Å²) in [4.78, 5) is 21.8. The molecule has 2 heterocycles. The van der Waals surface area contributed by atoms with Crippen LogP contribution in [0.15, 0.2) is 30.5 Å². The number of carbonyl (C=O) groups is 1. The summed E-state index contributed by atoms with van der Waals surface area (Å²) >= 11 is 0. The number of rotatable bonds is 3. The van der Waals surface area contributed by atoms with Gasteiger partial charge in [-0.3, -0.25) is 14.7 Å². The molecular weight excluding hydrogens is 331 g/mol. The Morgan fingerprint density at radius 3 is 2.81 bits per heavy atom. The number of hydrogen-bond acceptors (Lipinski definition) is 4. The molecule has 1 aromatic carbocycles. The number of pyridine rings is 1. The molecule has 2 aliphatic rings. The van der Waals surface area contributed by atoms with E-state index < -0.39 is 0 Å². The summed E-state index contributed by atoms with van der Waals surface area (Å²) in [7, 11) is 2.17. The van der Waals surface area contributed by atoms with Crippen molar-refractivity contribution in [1.29, 1.82) is 0 Å². The van der Waals surface area contributed by atoms with Crippen molar-refractivity contribution in [3.8, 4) is 0 Å². The first kappa shape index (κ1) is 17.4. The first-order valence-corrected chi connectivity index (χ1v) is 9.37. The molecule has 1 amide bonds. The highest BCUT2D eigenvalue weighted by atomic mass is 19.1. The quantitative estimate of drug-likeness (QED) is 0.917. The third-order valence-corrected chi connectivity index (χ3v) is 5.70. The van der Waals surface area contributed by atoms with E-state index in [1.807, 2.05) is 0 Å². The van der Waals surface area contributed by atoms with Gasteiger partial charge in [0.05, 0.1) is 11.1 Å². The number of aromatic nitrogens is 1. The van der Waals surface area contributed by atoms with Gasteiger partial charge in [-0.05, 0) is 50.6 Å². The lowest BCUT2D eigenvalue weighted by Gasteiger charge is -2.36. The number of amides is 1. The molecule has 1 N–H and O–H groups in total. The minimum Gasteiger partial charge on any atom is -0.349 e. The number of fused-ring (bicyclic) bond motifs is 1. The van der Waals surface area contributed by atoms with Gasteiger partial charge in [-0.1, -0.05) is 0 Å². The van der Waals surface area contributed by atoms with Crippen molar-refractivity contribution in [2.75, 3.05) is 33.2 Å². The number of halogens is 1. The largest absolute Gasteiger partial charge is 0.349 e. The fourth-order valence-electron chi connectivity index (χ4n) is 4.10. The van der Waals surface area contributed by atoms with Gasteiger partial charge in [0.2, 0.25) is 0 Å². The number of benzene rings is 1. The molecule has 1 saturated heterocycles. The van der Waals surface area contributed by atoms with Gasteiger partial charge in [0.15, 0.2) is 0 Å². The maximum Gasteiger partial charge on any atom is 0.253 e. The third-order valence-electron chi connectivity index (χ3n) is 5.70. The zero-order chi connectivity index (χ0) is 18.1. The molecule has 0 radical (unpaired) electrons. The molecule has 4 rings (SSSR count). The van der Waals surface area contributed by atoms with Gasteiger partial charge in [0.1, 0.15) is 5.82 Å². The highest BCUT2D eigenvalue weighted by Gasteiger charge is 2.31. The highest BCUT2D eigenvalue weighted by Crippen LogP contribution is 2.25. The van der Waals surface area contributed by atoms with E-state index in [0.717, 1.165) is 45.4 Å². The van der Waals surface area contributed by atoms with E-state index in [-0.39, 0.29) is 17.8 Å². The smallest absolute Gasteiger partial charge is 0.253 e. The standard InChI is InChI=1S/C20H25FN4O/c1-24-6-8-25(9-7-24)18-4-3-17(12-18)23-20(26)15-10-14-11-16(21)2-5-19(14)22-13-15/h2,5,10-11,13,17-18H,3-4,6-9,12H2,1H3,(H,23,26). The lowest BCUT2D eigenvalue weighted by Crippen LogP contribution is -2.48. The molecule has 26 heavy (non-hydrogen) atoms. The SMILES string of the molecule is CN1CCN(C2CCC(NC(=O)c3cnc4ccc(F)cc4c3)C2)CC1. The minimum atomic E-state index is -0.317. The molecule has 138 valence electrons. The van der Waals surface area contributed by atoms with Crippen LogP contribution in [0.4, 0.5) is 4.39 Å². The van der Waals surface area contributed by atoms with Crippen molar-refractivity contribution in [2.24, 2.45) is 0 Å². The van der Waals surface area contributed by atoms with Gasteiger partial charge >= 0.3 is 0 Å². The molecule has 2 aromatic rings. The van der Waals surface area contributed by atoms with Crippen LogP contribution in [-0.4, -0.2) is 66.0 Å². The van der Waals surface area contributed by atoms with Gasteiger partial charge in [-0.15, -0.1) is 0 Å².